The highest BCUT2D eigenvalue weighted by atomic mass is 16.1. The summed E-state index contributed by atoms with van der Waals surface area (Å²) >= 11 is 0. The molecule has 1 aliphatic rings. The Bertz CT molecular complexity index is 249. The topological polar surface area (TPSA) is 56.1 Å². The van der Waals surface area contributed by atoms with Gasteiger partial charge in [0.05, 0.1) is 6.07 Å². The van der Waals surface area contributed by atoms with Crippen LogP contribution in [0, 0.1) is 11.3 Å². The van der Waals surface area contributed by atoms with Gasteiger partial charge in [-0.2, -0.15) is 5.26 Å². The molecule has 4 heteroatoms. The van der Waals surface area contributed by atoms with Crippen LogP contribution in [-0.4, -0.2) is 36.0 Å². The van der Waals surface area contributed by atoms with Crippen LogP contribution >= 0.6 is 0 Å². The fourth-order valence-corrected chi connectivity index (χ4v) is 2.20. The zero-order valence-electron chi connectivity index (χ0n) is 9.42. The molecular formula is C11H18N3O. The molecule has 0 aromatic carbocycles. The quantitative estimate of drug-likeness (QED) is 0.680. The Labute approximate surface area is 91.2 Å². The van der Waals surface area contributed by atoms with E-state index in [1.807, 2.05) is 20.3 Å². The second-order valence-electron chi connectivity index (χ2n) is 4.00. The Morgan fingerprint density at radius 1 is 1.53 bits per heavy atom. The summed E-state index contributed by atoms with van der Waals surface area (Å²) in [5.74, 6) is 0. The smallest absolute Gasteiger partial charge is 0.313 e. The summed E-state index contributed by atoms with van der Waals surface area (Å²) in [6, 6.07) is 2.41. The molecule has 0 aromatic heterocycles. The van der Waals surface area contributed by atoms with Crippen molar-refractivity contribution in [2.45, 2.75) is 44.7 Å². The average molecular weight is 208 g/mol. The summed E-state index contributed by atoms with van der Waals surface area (Å²) in [5.41, 5.74) is -0.668. The van der Waals surface area contributed by atoms with E-state index in [9.17, 15) is 10.1 Å². The van der Waals surface area contributed by atoms with E-state index in [1.54, 1.807) is 4.90 Å². The third kappa shape index (κ3) is 2.13. The molecule has 83 valence electrons. The minimum absolute atomic E-state index is 0.127. The van der Waals surface area contributed by atoms with Crippen molar-refractivity contribution in [3.63, 3.8) is 0 Å². The van der Waals surface area contributed by atoms with E-state index in [2.05, 4.69) is 11.4 Å². The number of nitrogens with zero attached hydrogens (tertiary/aromatic N) is 2. The Hall–Kier alpha value is -1.08. The van der Waals surface area contributed by atoms with Gasteiger partial charge in [0.1, 0.15) is 5.54 Å². The number of hydrogen-bond donors (Lipinski definition) is 1. The number of rotatable bonds is 5. The predicted octanol–water partition coefficient (Wildman–Crippen LogP) is 0.800. The minimum atomic E-state index is -0.668. The second-order valence-corrected chi connectivity index (χ2v) is 4.00. The van der Waals surface area contributed by atoms with Crippen LogP contribution in [0.3, 0.4) is 0 Å². The number of amides is 1. The third-order valence-corrected chi connectivity index (χ3v) is 3.21. The Morgan fingerprint density at radius 3 is 2.53 bits per heavy atom. The van der Waals surface area contributed by atoms with Crippen LogP contribution in [0.25, 0.3) is 0 Å². The van der Waals surface area contributed by atoms with Crippen LogP contribution in [0.1, 0.15) is 33.1 Å². The van der Waals surface area contributed by atoms with Gasteiger partial charge < -0.3 is 10.2 Å². The maximum Gasteiger partial charge on any atom is 0.313 e. The monoisotopic (exact) mass is 208 g/mol. The highest BCUT2D eigenvalue weighted by Gasteiger charge is 2.42. The molecule has 0 bridgehead atoms. The van der Waals surface area contributed by atoms with E-state index < -0.39 is 5.54 Å². The molecular weight excluding hydrogens is 190 g/mol. The molecule has 1 radical (unpaired) electrons. The van der Waals surface area contributed by atoms with Crippen molar-refractivity contribution in [1.29, 1.82) is 5.26 Å². The van der Waals surface area contributed by atoms with Gasteiger partial charge in [-0.3, -0.25) is 4.79 Å². The largest absolute Gasteiger partial charge is 0.313 e. The molecule has 1 amide bonds. The molecule has 0 saturated carbocycles. The normalized spacial score (nSPS) is 25.2. The van der Waals surface area contributed by atoms with Gasteiger partial charge in [0.25, 0.3) is 0 Å². The highest BCUT2D eigenvalue weighted by molar-refractivity contribution is 5.53. The number of carbonyl (C=O) groups excluding carboxylic acids is 1. The first kappa shape index (κ1) is 12.0. The van der Waals surface area contributed by atoms with Gasteiger partial charge in [0.15, 0.2) is 0 Å². The molecule has 15 heavy (non-hydrogen) atoms. The molecule has 1 rings (SSSR count). The van der Waals surface area contributed by atoms with Crippen molar-refractivity contribution in [1.82, 2.24) is 10.2 Å². The summed E-state index contributed by atoms with van der Waals surface area (Å²) in [6.45, 7) is 5.43. The number of nitriles is 1. The van der Waals surface area contributed by atoms with E-state index in [1.165, 1.54) is 0 Å². The fraction of sp³-hybridized carbons (Fsp3) is 0.818. The highest BCUT2D eigenvalue weighted by Crippen LogP contribution is 2.25. The maximum absolute atomic E-state index is 11.0. The Morgan fingerprint density at radius 2 is 2.20 bits per heavy atom. The zero-order valence-corrected chi connectivity index (χ0v) is 9.42. The van der Waals surface area contributed by atoms with Gasteiger partial charge in [0, 0.05) is 12.6 Å². The van der Waals surface area contributed by atoms with E-state index in [4.69, 9.17) is 0 Å². The lowest BCUT2D eigenvalue weighted by Crippen LogP contribution is -2.53. The van der Waals surface area contributed by atoms with Crippen molar-refractivity contribution in [2.24, 2.45) is 0 Å². The summed E-state index contributed by atoms with van der Waals surface area (Å²) in [5, 5.41) is 12.4. The summed E-state index contributed by atoms with van der Waals surface area (Å²) < 4.78 is 0. The molecule has 1 atom stereocenters. The molecule has 0 aliphatic carbocycles. The Balaban J connectivity index is 2.88. The summed E-state index contributed by atoms with van der Waals surface area (Å²) in [7, 11) is 0. The van der Waals surface area contributed by atoms with Crippen molar-refractivity contribution in [3.05, 3.63) is 0 Å². The van der Waals surface area contributed by atoms with Gasteiger partial charge in [-0.15, -0.1) is 0 Å². The maximum atomic E-state index is 11.0. The lowest BCUT2D eigenvalue weighted by Gasteiger charge is -2.36. The van der Waals surface area contributed by atoms with Crippen LogP contribution < -0.4 is 5.32 Å². The average Bonchev–Trinajstić information content (AvgIpc) is 2.75. The van der Waals surface area contributed by atoms with E-state index in [0.29, 0.717) is 13.0 Å². The molecule has 0 aromatic rings. The first-order chi connectivity index (χ1) is 7.24. The first-order valence-electron chi connectivity index (χ1n) is 5.53. The lowest BCUT2D eigenvalue weighted by atomic mass is 9.95. The van der Waals surface area contributed by atoms with Crippen molar-refractivity contribution in [2.75, 3.05) is 13.1 Å². The van der Waals surface area contributed by atoms with Gasteiger partial charge in [-0.05, 0) is 25.8 Å². The molecule has 1 N–H and O–H groups in total. The zero-order chi connectivity index (χ0) is 11.3. The van der Waals surface area contributed by atoms with Gasteiger partial charge in [0.2, 0.25) is 0 Å². The number of hydrogen-bond acceptors (Lipinski definition) is 3. The lowest BCUT2D eigenvalue weighted by molar-refractivity contribution is 0.173. The standard InChI is InChI=1S/C11H18N3O/c1-3-10(4-2)14(9-15)11(7-12)5-6-13-8-11/h10,13H,3-6,8H2,1-2H3. The molecule has 1 unspecified atom stereocenters. The molecule has 1 heterocycles. The van der Waals surface area contributed by atoms with Crippen LogP contribution in [-0.2, 0) is 4.79 Å². The van der Waals surface area contributed by atoms with E-state index >= 15 is 0 Å². The summed E-state index contributed by atoms with van der Waals surface area (Å²) in [6.07, 6.45) is 4.40. The van der Waals surface area contributed by atoms with Crippen LogP contribution in [0.15, 0.2) is 0 Å². The molecule has 0 spiro atoms. The van der Waals surface area contributed by atoms with Gasteiger partial charge >= 0.3 is 6.41 Å². The third-order valence-electron chi connectivity index (χ3n) is 3.21. The fourth-order valence-electron chi connectivity index (χ4n) is 2.20. The van der Waals surface area contributed by atoms with Crippen LogP contribution in [0.5, 0.6) is 0 Å². The first-order valence-corrected chi connectivity index (χ1v) is 5.53. The minimum Gasteiger partial charge on any atom is -0.313 e. The second kappa shape index (κ2) is 5.13. The molecule has 1 saturated heterocycles. The molecule has 4 nitrogen and oxygen atoms in total. The van der Waals surface area contributed by atoms with E-state index in [0.717, 1.165) is 19.4 Å². The predicted molar refractivity (Wildman–Crippen MR) is 57.7 cm³/mol. The van der Waals surface area contributed by atoms with E-state index in [-0.39, 0.29) is 6.04 Å². The van der Waals surface area contributed by atoms with Gasteiger partial charge in [-0.1, -0.05) is 13.8 Å². The van der Waals surface area contributed by atoms with Crippen molar-refractivity contribution >= 4 is 6.41 Å². The summed E-state index contributed by atoms with van der Waals surface area (Å²) in [4.78, 5) is 12.6. The van der Waals surface area contributed by atoms with Crippen LogP contribution in [0.4, 0.5) is 0 Å². The molecule has 1 aliphatic heterocycles. The SMILES string of the molecule is CCC(CC)N([C]=O)C1(C#N)CCNC1. The van der Waals surface area contributed by atoms with Gasteiger partial charge in [-0.25, -0.2) is 0 Å². The van der Waals surface area contributed by atoms with Crippen molar-refractivity contribution in [3.8, 4) is 6.07 Å². The Kier molecular flexibility index (Phi) is 4.10. The molecule has 1 fully saturated rings. The van der Waals surface area contributed by atoms with Crippen molar-refractivity contribution < 1.29 is 4.79 Å². The number of nitrogens with one attached hydrogen (secondary N) is 1. The van der Waals surface area contributed by atoms with Crippen LogP contribution in [0.2, 0.25) is 0 Å².